The van der Waals surface area contributed by atoms with Crippen LogP contribution < -0.4 is 0 Å². The lowest BCUT2D eigenvalue weighted by atomic mass is 9.96. The van der Waals surface area contributed by atoms with Crippen LogP contribution >= 0.6 is 0 Å². The van der Waals surface area contributed by atoms with Crippen LogP contribution in [0.4, 0.5) is 0 Å². The molecule has 1 unspecified atom stereocenters. The molecule has 0 radical (unpaired) electrons. The molecule has 3 atom stereocenters. The third-order valence-corrected chi connectivity index (χ3v) is 7.49. The van der Waals surface area contributed by atoms with E-state index in [9.17, 15) is 4.79 Å². The maximum absolute atomic E-state index is 13.1. The van der Waals surface area contributed by atoms with E-state index >= 15 is 0 Å². The fraction of sp³-hybridized carbons (Fsp3) is 0.609. The third kappa shape index (κ3) is 2.70. The molecule has 2 fully saturated rings. The van der Waals surface area contributed by atoms with Gasteiger partial charge in [0.25, 0.3) is 0 Å². The van der Waals surface area contributed by atoms with E-state index in [1.807, 2.05) is 12.3 Å². The molecule has 28 heavy (non-hydrogen) atoms. The van der Waals surface area contributed by atoms with Crippen LogP contribution in [-0.2, 0) is 17.8 Å². The summed E-state index contributed by atoms with van der Waals surface area (Å²) in [7, 11) is 0. The number of hydrogen-bond donors (Lipinski definition) is 0. The molecule has 3 heterocycles. The first kappa shape index (κ1) is 17.9. The minimum atomic E-state index is 0.175. The van der Waals surface area contributed by atoms with Gasteiger partial charge in [-0.05, 0) is 61.5 Å². The van der Waals surface area contributed by atoms with Crippen LogP contribution in [0.1, 0.15) is 74.0 Å². The van der Waals surface area contributed by atoms with Gasteiger partial charge in [0.1, 0.15) is 0 Å². The summed E-state index contributed by atoms with van der Waals surface area (Å²) in [6.45, 7) is 8.44. The number of rotatable bonds is 4. The number of pyridine rings is 1. The van der Waals surface area contributed by atoms with E-state index in [0.29, 0.717) is 24.3 Å². The quantitative estimate of drug-likeness (QED) is 0.807. The Morgan fingerprint density at radius 2 is 2.18 bits per heavy atom. The molecule has 148 valence electrons. The molecule has 2 aromatic heterocycles. The smallest absolute Gasteiger partial charge is 0.224 e. The van der Waals surface area contributed by atoms with Crippen LogP contribution in [0.25, 0.3) is 0 Å². The molecule has 0 spiro atoms. The van der Waals surface area contributed by atoms with Crippen molar-refractivity contribution >= 4 is 5.91 Å². The number of fused-ring (bicyclic) bond motifs is 3. The fourth-order valence-corrected chi connectivity index (χ4v) is 5.85. The van der Waals surface area contributed by atoms with E-state index in [1.54, 1.807) is 6.20 Å². The van der Waals surface area contributed by atoms with Crippen LogP contribution in [-0.4, -0.2) is 32.1 Å². The first-order valence-electron chi connectivity index (χ1n) is 10.7. The van der Waals surface area contributed by atoms with Crippen molar-refractivity contribution in [1.82, 2.24) is 19.7 Å². The Morgan fingerprint density at radius 1 is 1.32 bits per heavy atom. The minimum Gasteiger partial charge on any atom is -0.336 e. The average Bonchev–Trinajstić information content (AvgIpc) is 3.04. The topological polar surface area (TPSA) is 51.0 Å². The number of hydrogen-bond acceptors (Lipinski definition) is 3. The lowest BCUT2D eigenvalue weighted by molar-refractivity contribution is -0.135. The van der Waals surface area contributed by atoms with Crippen molar-refractivity contribution in [2.45, 2.75) is 71.4 Å². The molecule has 5 heteroatoms. The van der Waals surface area contributed by atoms with Gasteiger partial charge in [-0.25, -0.2) is 0 Å². The Balaban J connectivity index is 1.29. The molecule has 2 aromatic rings. The number of piperidine rings is 1. The molecule has 1 saturated carbocycles. The Bertz CT molecular complexity index is 901. The highest BCUT2D eigenvalue weighted by Crippen LogP contribution is 2.70. The van der Waals surface area contributed by atoms with Gasteiger partial charge in [-0.15, -0.1) is 0 Å². The average molecular weight is 379 g/mol. The summed E-state index contributed by atoms with van der Waals surface area (Å²) in [6.07, 6.45) is 8.67. The monoisotopic (exact) mass is 378 g/mol. The molecule has 1 aliphatic heterocycles. The van der Waals surface area contributed by atoms with E-state index < -0.39 is 0 Å². The summed E-state index contributed by atoms with van der Waals surface area (Å²) in [5, 5.41) is 4.81. The minimum absolute atomic E-state index is 0.175. The third-order valence-electron chi connectivity index (χ3n) is 7.49. The van der Waals surface area contributed by atoms with Gasteiger partial charge in [0, 0.05) is 43.2 Å². The van der Waals surface area contributed by atoms with Gasteiger partial charge in [0.2, 0.25) is 5.91 Å². The second kappa shape index (κ2) is 6.43. The fourth-order valence-electron chi connectivity index (χ4n) is 5.85. The second-order valence-electron chi connectivity index (χ2n) is 9.41. The van der Waals surface area contributed by atoms with Crippen LogP contribution in [0.15, 0.2) is 24.5 Å². The number of likely N-dealkylation sites (tertiary alicyclic amines) is 1. The maximum atomic E-state index is 13.1. The van der Waals surface area contributed by atoms with Crippen molar-refractivity contribution in [2.75, 3.05) is 6.54 Å². The molecule has 1 saturated heterocycles. The predicted molar refractivity (Wildman–Crippen MR) is 108 cm³/mol. The lowest BCUT2D eigenvalue weighted by Gasteiger charge is -2.36. The maximum Gasteiger partial charge on any atom is 0.224 e. The number of amides is 1. The SMILES string of the molecule is Cc1nn(CCC(=O)N2CCCCC2c2cccnc2)c2c1[C@H]1[C@@H](C2)C1(C)C. The lowest BCUT2D eigenvalue weighted by Crippen LogP contribution is -2.39. The summed E-state index contributed by atoms with van der Waals surface area (Å²) < 4.78 is 2.13. The zero-order valence-electron chi connectivity index (χ0n) is 17.2. The Labute approximate surface area is 167 Å². The summed E-state index contributed by atoms with van der Waals surface area (Å²) in [5.74, 6) is 1.71. The molecule has 5 nitrogen and oxygen atoms in total. The van der Waals surface area contributed by atoms with Gasteiger partial charge in [0.15, 0.2) is 0 Å². The molecule has 0 bridgehead atoms. The Kier molecular flexibility index (Phi) is 4.11. The van der Waals surface area contributed by atoms with Crippen molar-refractivity contribution in [3.63, 3.8) is 0 Å². The zero-order chi connectivity index (χ0) is 19.5. The number of aromatic nitrogens is 3. The van der Waals surface area contributed by atoms with Gasteiger partial charge >= 0.3 is 0 Å². The predicted octanol–water partition coefficient (Wildman–Crippen LogP) is 4.03. The standard InChI is InChI=1S/C23H30N4O/c1-15-21-19(13-17-22(21)23(17,2)3)27(25-15)12-9-20(28)26-11-5-4-8-18(26)16-7-6-10-24-14-16/h6-7,10,14,17-18,22H,4-5,8-9,11-13H2,1-3H3/t17-,18?,22-/m1/s1. The normalized spacial score (nSPS) is 27.4. The second-order valence-corrected chi connectivity index (χ2v) is 9.41. The van der Waals surface area contributed by atoms with Crippen molar-refractivity contribution < 1.29 is 4.79 Å². The van der Waals surface area contributed by atoms with Crippen molar-refractivity contribution in [2.24, 2.45) is 11.3 Å². The van der Waals surface area contributed by atoms with E-state index in [0.717, 1.165) is 37.3 Å². The highest BCUT2D eigenvalue weighted by Gasteiger charge is 2.63. The molecule has 5 rings (SSSR count). The van der Waals surface area contributed by atoms with E-state index in [-0.39, 0.29) is 11.9 Å². The van der Waals surface area contributed by atoms with Crippen LogP contribution in [0, 0.1) is 18.3 Å². The van der Waals surface area contributed by atoms with Crippen LogP contribution in [0.5, 0.6) is 0 Å². The number of nitrogens with zero attached hydrogens (tertiary/aromatic N) is 4. The zero-order valence-corrected chi connectivity index (χ0v) is 17.2. The number of aryl methyl sites for hydroxylation is 2. The molecular weight excluding hydrogens is 348 g/mol. The molecule has 0 N–H and O–H groups in total. The van der Waals surface area contributed by atoms with Crippen LogP contribution in [0.3, 0.4) is 0 Å². The molecule has 2 aliphatic carbocycles. The summed E-state index contributed by atoms with van der Waals surface area (Å²) in [4.78, 5) is 19.4. The Morgan fingerprint density at radius 3 is 2.96 bits per heavy atom. The number of carbonyl (C=O) groups excluding carboxylic acids is 1. The molecular formula is C23H30N4O. The van der Waals surface area contributed by atoms with Gasteiger partial charge in [-0.1, -0.05) is 19.9 Å². The van der Waals surface area contributed by atoms with E-state index in [1.165, 1.54) is 23.4 Å². The summed E-state index contributed by atoms with van der Waals surface area (Å²) in [5.41, 5.74) is 5.64. The first-order chi connectivity index (χ1) is 13.5. The molecule has 3 aliphatic rings. The molecule has 0 aromatic carbocycles. The van der Waals surface area contributed by atoms with Gasteiger partial charge < -0.3 is 4.90 Å². The van der Waals surface area contributed by atoms with Crippen LogP contribution in [0.2, 0.25) is 0 Å². The molecule has 1 amide bonds. The highest BCUT2D eigenvalue weighted by molar-refractivity contribution is 5.76. The Hall–Kier alpha value is -2.17. The van der Waals surface area contributed by atoms with E-state index in [4.69, 9.17) is 5.10 Å². The summed E-state index contributed by atoms with van der Waals surface area (Å²) in [6, 6.07) is 4.24. The van der Waals surface area contributed by atoms with Gasteiger partial charge in [0.05, 0.1) is 11.7 Å². The van der Waals surface area contributed by atoms with Crippen molar-refractivity contribution in [3.8, 4) is 0 Å². The first-order valence-corrected chi connectivity index (χ1v) is 10.7. The largest absolute Gasteiger partial charge is 0.336 e. The summed E-state index contributed by atoms with van der Waals surface area (Å²) >= 11 is 0. The van der Waals surface area contributed by atoms with Crippen molar-refractivity contribution in [1.29, 1.82) is 0 Å². The highest BCUT2D eigenvalue weighted by atomic mass is 16.2. The van der Waals surface area contributed by atoms with E-state index in [2.05, 4.69) is 41.4 Å². The van der Waals surface area contributed by atoms with Crippen molar-refractivity contribution in [3.05, 3.63) is 47.0 Å². The van der Waals surface area contributed by atoms with Gasteiger partial charge in [-0.3, -0.25) is 14.5 Å². The van der Waals surface area contributed by atoms with Gasteiger partial charge in [-0.2, -0.15) is 5.10 Å². The number of carbonyl (C=O) groups is 1.